The van der Waals surface area contributed by atoms with Crippen LogP contribution in [0.3, 0.4) is 0 Å². The number of hydrogen-bond donors (Lipinski definition) is 2. The third-order valence-electron chi connectivity index (χ3n) is 3.12. The zero-order valence-corrected chi connectivity index (χ0v) is 9.07. The summed E-state index contributed by atoms with van der Waals surface area (Å²) in [6.07, 6.45) is 0. The highest BCUT2D eigenvalue weighted by molar-refractivity contribution is 6.28. The molecule has 0 spiro atoms. The molecule has 0 saturated heterocycles. The number of phenols is 1. The normalized spacial score (nSPS) is 13.9. The number of imide groups is 1. The first-order valence-corrected chi connectivity index (χ1v) is 5.21. The summed E-state index contributed by atoms with van der Waals surface area (Å²) in [4.78, 5) is 23.3. The van der Waals surface area contributed by atoms with Crippen LogP contribution >= 0.6 is 0 Å². The minimum Gasteiger partial charge on any atom is -0.507 e. The number of benzene rings is 2. The SMILES string of the molecule is Cc1c(O)c2c(c3ccccc13)C(=O)NC2=O. The molecule has 0 aromatic heterocycles. The maximum absolute atomic E-state index is 11.7. The first-order chi connectivity index (χ1) is 8.11. The third-order valence-corrected chi connectivity index (χ3v) is 3.12. The molecule has 2 aromatic rings. The predicted octanol–water partition coefficient (Wildman–Crippen LogP) is 1.74. The molecule has 2 amide bonds. The van der Waals surface area contributed by atoms with Crippen LogP contribution in [0.25, 0.3) is 10.8 Å². The average Bonchev–Trinajstić information content (AvgIpc) is 2.62. The quantitative estimate of drug-likeness (QED) is 0.673. The van der Waals surface area contributed by atoms with Gasteiger partial charge in [0.1, 0.15) is 5.75 Å². The minimum atomic E-state index is -0.531. The lowest BCUT2D eigenvalue weighted by Crippen LogP contribution is -2.20. The second kappa shape index (κ2) is 3.07. The molecule has 0 bridgehead atoms. The van der Waals surface area contributed by atoms with Crippen molar-refractivity contribution in [2.75, 3.05) is 0 Å². The fourth-order valence-electron chi connectivity index (χ4n) is 2.28. The van der Waals surface area contributed by atoms with E-state index in [1.807, 2.05) is 12.1 Å². The highest BCUT2D eigenvalue weighted by atomic mass is 16.3. The van der Waals surface area contributed by atoms with E-state index in [4.69, 9.17) is 0 Å². The van der Waals surface area contributed by atoms with E-state index in [0.29, 0.717) is 10.9 Å². The molecule has 0 radical (unpaired) electrons. The monoisotopic (exact) mass is 227 g/mol. The Morgan fingerprint density at radius 3 is 2.29 bits per heavy atom. The molecule has 0 saturated carbocycles. The van der Waals surface area contributed by atoms with Crippen molar-refractivity contribution in [3.63, 3.8) is 0 Å². The maximum Gasteiger partial charge on any atom is 0.262 e. The summed E-state index contributed by atoms with van der Waals surface area (Å²) in [6, 6.07) is 7.23. The van der Waals surface area contributed by atoms with Gasteiger partial charge in [-0.3, -0.25) is 14.9 Å². The third kappa shape index (κ3) is 1.12. The van der Waals surface area contributed by atoms with Gasteiger partial charge in [-0.1, -0.05) is 24.3 Å². The number of aromatic hydroxyl groups is 1. The molecule has 84 valence electrons. The second-order valence-corrected chi connectivity index (χ2v) is 4.05. The van der Waals surface area contributed by atoms with Crippen LogP contribution in [0.2, 0.25) is 0 Å². The molecule has 17 heavy (non-hydrogen) atoms. The maximum atomic E-state index is 11.7. The van der Waals surface area contributed by atoms with Crippen LogP contribution in [-0.4, -0.2) is 16.9 Å². The minimum absolute atomic E-state index is 0.0891. The van der Waals surface area contributed by atoms with Crippen molar-refractivity contribution in [1.82, 2.24) is 5.32 Å². The van der Waals surface area contributed by atoms with Crippen LogP contribution in [0.1, 0.15) is 26.3 Å². The van der Waals surface area contributed by atoms with E-state index in [1.54, 1.807) is 19.1 Å². The Labute approximate surface area is 96.9 Å². The van der Waals surface area contributed by atoms with Crippen LogP contribution < -0.4 is 5.32 Å². The summed E-state index contributed by atoms with van der Waals surface area (Å²) >= 11 is 0. The highest BCUT2D eigenvalue weighted by Crippen LogP contribution is 2.36. The second-order valence-electron chi connectivity index (χ2n) is 4.05. The highest BCUT2D eigenvalue weighted by Gasteiger charge is 2.33. The number of carbonyl (C=O) groups is 2. The topological polar surface area (TPSA) is 66.4 Å². The zero-order valence-electron chi connectivity index (χ0n) is 9.07. The van der Waals surface area contributed by atoms with Gasteiger partial charge in [-0.15, -0.1) is 0 Å². The van der Waals surface area contributed by atoms with Crippen molar-refractivity contribution in [3.8, 4) is 5.75 Å². The number of carbonyl (C=O) groups excluding carboxylic acids is 2. The molecule has 2 aromatic carbocycles. The summed E-state index contributed by atoms with van der Waals surface area (Å²) in [5.74, 6) is -1.09. The van der Waals surface area contributed by atoms with E-state index in [1.165, 1.54) is 0 Å². The first kappa shape index (κ1) is 9.84. The van der Waals surface area contributed by atoms with Gasteiger partial charge in [0.05, 0.1) is 11.1 Å². The van der Waals surface area contributed by atoms with Crippen LogP contribution in [0.4, 0.5) is 0 Å². The van der Waals surface area contributed by atoms with Crippen LogP contribution in [0.5, 0.6) is 5.75 Å². The standard InChI is InChI=1S/C13H9NO3/c1-6-7-4-2-3-5-8(7)9-10(11(6)15)13(17)14-12(9)16/h2-5,15H,1H3,(H,14,16,17). The van der Waals surface area contributed by atoms with Crippen molar-refractivity contribution < 1.29 is 14.7 Å². The molecule has 4 heteroatoms. The molecule has 1 heterocycles. The smallest absolute Gasteiger partial charge is 0.262 e. The predicted molar refractivity (Wildman–Crippen MR) is 62.1 cm³/mol. The zero-order chi connectivity index (χ0) is 12.2. The van der Waals surface area contributed by atoms with Crippen molar-refractivity contribution in [2.24, 2.45) is 0 Å². The lowest BCUT2D eigenvalue weighted by Gasteiger charge is -2.08. The lowest BCUT2D eigenvalue weighted by atomic mass is 9.95. The van der Waals surface area contributed by atoms with E-state index < -0.39 is 11.8 Å². The summed E-state index contributed by atoms with van der Waals surface area (Å²) in [6.45, 7) is 1.73. The van der Waals surface area contributed by atoms with Gasteiger partial charge < -0.3 is 5.11 Å². The van der Waals surface area contributed by atoms with Crippen LogP contribution in [0.15, 0.2) is 24.3 Å². The molecule has 0 aliphatic carbocycles. The van der Waals surface area contributed by atoms with E-state index in [2.05, 4.69) is 5.32 Å². The van der Waals surface area contributed by atoms with E-state index >= 15 is 0 Å². The number of rotatable bonds is 0. The first-order valence-electron chi connectivity index (χ1n) is 5.21. The molecule has 0 unspecified atom stereocenters. The largest absolute Gasteiger partial charge is 0.507 e. The number of hydrogen-bond acceptors (Lipinski definition) is 3. The van der Waals surface area contributed by atoms with E-state index in [-0.39, 0.29) is 16.9 Å². The molecule has 3 rings (SSSR count). The van der Waals surface area contributed by atoms with E-state index in [9.17, 15) is 14.7 Å². The van der Waals surface area contributed by atoms with Crippen molar-refractivity contribution >= 4 is 22.6 Å². The lowest BCUT2D eigenvalue weighted by molar-refractivity contribution is 0.0879. The molecule has 4 nitrogen and oxygen atoms in total. The van der Waals surface area contributed by atoms with Gasteiger partial charge in [0, 0.05) is 0 Å². The van der Waals surface area contributed by atoms with Gasteiger partial charge in [0.25, 0.3) is 11.8 Å². The molecule has 2 N–H and O–H groups in total. The van der Waals surface area contributed by atoms with Crippen LogP contribution in [-0.2, 0) is 0 Å². The summed E-state index contributed by atoms with van der Waals surface area (Å²) in [7, 11) is 0. The Bertz CT molecular complexity index is 689. The number of fused-ring (bicyclic) bond motifs is 3. The molecule has 0 fully saturated rings. The average molecular weight is 227 g/mol. The van der Waals surface area contributed by atoms with Crippen molar-refractivity contribution in [3.05, 3.63) is 41.0 Å². The fraction of sp³-hybridized carbons (Fsp3) is 0.0769. The van der Waals surface area contributed by atoms with Gasteiger partial charge >= 0.3 is 0 Å². The Balaban J connectivity index is 2.59. The molecular formula is C13H9NO3. The number of nitrogens with one attached hydrogen (secondary N) is 1. The number of phenolic OH excluding ortho intramolecular Hbond substituents is 1. The Morgan fingerprint density at radius 2 is 1.59 bits per heavy atom. The van der Waals surface area contributed by atoms with Crippen molar-refractivity contribution in [2.45, 2.75) is 6.92 Å². The molecule has 0 atom stereocenters. The van der Waals surface area contributed by atoms with Gasteiger partial charge in [0.15, 0.2) is 0 Å². The summed E-state index contributed by atoms with van der Waals surface area (Å²) < 4.78 is 0. The summed E-state index contributed by atoms with van der Waals surface area (Å²) in [5, 5.41) is 13.7. The Morgan fingerprint density at radius 1 is 1.00 bits per heavy atom. The molecular weight excluding hydrogens is 218 g/mol. The van der Waals surface area contributed by atoms with E-state index in [0.717, 1.165) is 5.39 Å². The van der Waals surface area contributed by atoms with Gasteiger partial charge in [-0.05, 0) is 23.3 Å². The van der Waals surface area contributed by atoms with Gasteiger partial charge in [-0.2, -0.15) is 0 Å². The Hall–Kier alpha value is -2.36. The van der Waals surface area contributed by atoms with Crippen molar-refractivity contribution in [1.29, 1.82) is 0 Å². The summed E-state index contributed by atoms with van der Waals surface area (Å²) in [5.41, 5.74) is 0.976. The van der Waals surface area contributed by atoms with Gasteiger partial charge in [-0.25, -0.2) is 0 Å². The molecule has 1 aliphatic heterocycles. The Kier molecular flexibility index (Phi) is 1.78. The number of aryl methyl sites for hydroxylation is 1. The van der Waals surface area contributed by atoms with Crippen LogP contribution in [0, 0.1) is 6.92 Å². The molecule has 1 aliphatic rings. The number of amides is 2. The van der Waals surface area contributed by atoms with Gasteiger partial charge in [0.2, 0.25) is 0 Å². The fourth-order valence-corrected chi connectivity index (χ4v) is 2.28.